The Morgan fingerprint density at radius 1 is 1.29 bits per heavy atom. The third-order valence-electron chi connectivity index (χ3n) is 3.33. The number of nitrogens with one attached hydrogen (secondary N) is 1. The molecule has 1 aromatic rings. The first-order valence-electron chi connectivity index (χ1n) is 7.34. The number of carbonyl (C=O) groups is 1. The van der Waals surface area contributed by atoms with Crippen molar-refractivity contribution < 1.29 is 14.3 Å². The number of anilines is 1. The fraction of sp³-hybridized carbons (Fsp3) is 0.562. The van der Waals surface area contributed by atoms with Crippen LogP contribution in [-0.2, 0) is 4.79 Å². The van der Waals surface area contributed by atoms with Crippen molar-refractivity contribution >= 4 is 11.6 Å². The molecule has 0 saturated heterocycles. The summed E-state index contributed by atoms with van der Waals surface area (Å²) in [5, 5.41) is 2.90. The maximum absolute atomic E-state index is 12.2. The molecule has 0 aliphatic carbocycles. The highest BCUT2D eigenvalue weighted by atomic mass is 16.7. The largest absolute Gasteiger partial charge is 0.449 e. The molecule has 1 aromatic carbocycles. The number of carbonyl (C=O) groups excluding carboxylic acids is 1. The molecule has 0 radical (unpaired) electrons. The van der Waals surface area contributed by atoms with Gasteiger partial charge in [-0.2, -0.15) is 0 Å². The van der Waals surface area contributed by atoms with Crippen LogP contribution in [0.25, 0.3) is 0 Å². The van der Waals surface area contributed by atoms with E-state index in [-0.39, 0.29) is 11.8 Å². The van der Waals surface area contributed by atoms with E-state index >= 15 is 0 Å². The topological polar surface area (TPSA) is 73.6 Å². The van der Waals surface area contributed by atoms with Gasteiger partial charge in [0.15, 0.2) is 11.5 Å². The van der Waals surface area contributed by atoms with Gasteiger partial charge < -0.3 is 20.5 Å². The van der Waals surface area contributed by atoms with Gasteiger partial charge in [-0.3, -0.25) is 4.79 Å². The molecule has 0 saturated carbocycles. The van der Waals surface area contributed by atoms with Crippen LogP contribution in [0.5, 0.6) is 11.5 Å². The molecule has 2 rings (SSSR count). The lowest BCUT2D eigenvalue weighted by Crippen LogP contribution is -2.30. The molecule has 1 aliphatic rings. The zero-order chi connectivity index (χ0) is 15.6. The second kappa shape index (κ2) is 5.93. The van der Waals surface area contributed by atoms with Gasteiger partial charge in [0.05, 0.1) is 5.92 Å². The van der Waals surface area contributed by atoms with E-state index in [9.17, 15) is 4.79 Å². The maximum Gasteiger partial charge on any atom is 0.246 e. The van der Waals surface area contributed by atoms with Crippen LogP contribution in [0.1, 0.15) is 34.1 Å². The predicted octanol–water partition coefficient (Wildman–Crippen LogP) is 2.75. The number of nitrogens with two attached hydrogens (primary N) is 1. The summed E-state index contributed by atoms with van der Waals surface area (Å²) in [5.41, 5.74) is 6.39. The highest BCUT2D eigenvalue weighted by Crippen LogP contribution is 2.40. The van der Waals surface area contributed by atoms with E-state index in [0.29, 0.717) is 29.6 Å². The van der Waals surface area contributed by atoms with Crippen molar-refractivity contribution in [3.63, 3.8) is 0 Å². The van der Waals surface area contributed by atoms with Gasteiger partial charge in [-0.25, -0.2) is 0 Å². The lowest BCUT2D eigenvalue weighted by molar-refractivity contribution is -0.120. The molecule has 1 aliphatic heterocycles. The van der Waals surface area contributed by atoms with Crippen molar-refractivity contribution in [2.24, 2.45) is 17.6 Å². The molecule has 0 aromatic heterocycles. The van der Waals surface area contributed by atoms with Gasteiger partial charge in [0.25, 0.3) is 0 Å². The fourth-order valence-corrected chi connectivity index (χ4v) is 2.42. The molecule has 116 valence electrons. The first-order chi connectivity index (χ1) is 9.80. The van der Waals surface area contributed by atoms with Gasteiger partial charge in [-0.1, -0.05) is 13.8 Å². The summed E-state index contributed by atoms with van der Waals surface area (Å²) in [7, 11) is 0. The Morgan fingerprint density at radius 3 is 2.57 bits per heavy atom. The Labute approximate surface area is 125 Å². The molecule has 1 amide bonds. The zero-order valence-electron chi connectivity index (χ0n) is 13.1. The Hall–Kier alpha value is -1.75. The summed E-state index contributed by atoms with van der Waals surface area (Å²) in [6.45, 7) is 8.20. The van der Waals surface area contributed by atoms with Crippen molar-refractivity contribution in [3.05, 3.63) is 18.2 Å². The molecule has 1 heterocycles. The van der Waals surface area contributed by atoms with Crippen LogP contribution in [-0.4, -0.2) is 18.2 Å². The van der Waals surface area contributed by atoms with E-state index < -0.39 is 5.79 Å². The van der Waals surface area contributed by atoms with Crippen LogP contribution in [0, 0.1) is 11.8 Å². The summed E-state index contributed by atoms with van der Waals surface area (Å²) in [4.78, 5) is 12.2. The number of hydrogen-bond donors (Lipinski definition) is 2. The average Bonchev–Trinajstić information content (AvgIpc) is 2.68. The third-order valence-corrected chi connectivity index (χ3v) is 3.33. The Balaban J connectivity index is 2.06. The summed E-state index contributed by atoms with van der Waals surface area (Å²) >= 11 is 0. The molecule has 5 heteroatoms. The molecule has 0 fully saturated rings. The molecule has 0 bridgehead atoms. The number of hydrogen-bond acceptors (Lipinski definition) is 4. The lowest BCUT2D eigenvalue weighted by atomic mass is 9.96. The van der Waals surface area contributed by atoms with E-state index in [1.807, 2.05) is 19.9 Å². The second-order valence-corrected chi connectivity index (χ2v) is 6.32. The van der Waals surface area contributed by atoms with Crippen LogP contribution < -0.4 is 20.5 Å². The van der Waals surface area contributed by atoms with Crippen LogP contribution in [0.4, 0.5) is 5.69 Å². The van der Waals surface area contributed by atoms with Crippen LogP contribution in [0.2, 0.25) is 0 Å². The third kappa shape index (κ3) is 3.88. The van der Waals surface area contributed by atoms with E-state index in [1.54, 1.807) is 12.1 Å². The highest BCUT2D eigenvalue weighted by Gasteiger charge is 2.31. The molecule has 0 spiro atoms. The Kier molecular flexibility index (Phi) is 4.42. The smallest absolute Gasteiger partial charge is 0.246 e. The van der Waals surface area contributed by atoms with E-state index in [1.165, 1.54) is 0 Å². The zero-order valence-corrected chi connectivity index (χ0v) is 13.1. The first-order valence-corrected chi connectivity index (χ1v) is 7.34. The van der Waals surface area contributed by atoms with Gasteiger partial charge in [-0.05, 0) is 24.5 Å². The van der Waals surface area contributed by atoms with Gasteiger partial charge in [0.2, 0.25) is 11.7 Å². The molecular formula is C16H24N2O3. The normalized spacial score (nSPS) is 16.9. The molecular weight excluding hydrogens is 268 g/mol. The van der Waals surface area contributed by atoms with Crippen molar-refractivity contribution in [1.29, 1.82) is 0 Å². The molecule has 1 atom stereocenters. The van der Waals surface area contributed by atoms with Gasteiger partial charge in [0, 0.05) is 32.1 Å². The second-order valence-electron chi connectivity index (χ2n) is 6.32. The quantitative estimate of drug-likeness (QED) is 0.875. The SMILES string of the molecule is CC(C)CC(CN)C(=O)Nc1ccc2c(c1)OC(C)(C)O2. The summed E-state index contributed by atoms with van der Waals surface area (Å²) in [6, 6.07) is 5.40. The number of fused-ring (bicyclic) bond motifs is 1. The van der Waals surface area contributed by atoms with Crippen molar-refractivity contribution in [3.8, 4) is 11.5 Å². The van der Waals surface area contributed by atoms with Crippen molar-refractivity contribution in [2.75, 3.05) is 11.9 Å². The number of amides is 1. The van der Waals surface area contributed by atoms with Crippen LogP contribution >= 0.6 is 0 Å². The number of rotatable bonds is 5. The number of benzene rings is 1. The van der Waals surface area contributed by atoms with Crippen molar-refractivity contribution in [1.82, 2.24) is 0 Å². The standard InChI is InChI=1S/C16H24N2O3/c1-10(2)7-11(9-17)15(19)18-12-5-6-13-14(8-12)21-16(3,4)20-13/h5-6,8,10-11H,7,9,17H2,1-4H3,(H,18,19). The highest BCUT2D eigenvalue weighted by molar-refractivity contribution is 5.93. The van der Waals surface area contributed by atoms with E-state index in [0.717, 1.165) is 6.42 Å². The van der Waals surface area contributed by atoms with Crippen LogP contribution in [0.3, 0.4) is 0 Å². The van der Waals surface area contributed by atoms with Gasteiger partial charge in [-0.15, -0.1) is 0 Å². The van der Waals surface area contributed by atoms with Gasteiger partial charge in [0.1, 0.15) is 0 Å². The number of ether oxygens (including phenoxy) is 2. The summed E-state index contributed by atoms with van der Waals surface area (Å²) in [6.07, 6.45) is 0.778. The minimum Gasteiger partial charge on any atom is -0.449 e. The molecule has 21 heavy (non-hydrogen) atoms. The maximum atomic E-state index is 12.2. The molecule has 3 N–H and O–H groups in total. The van der Waals surface area contributed by atoms with E-state index in [4.69, 9.17) is 15.2 Å². The monoisotopic (exact) mass is 292 g/mol. The lowest BCUT2D eigenvalue weighted by Gasteiger charge is -2.17. The van der Waals surface area contributed by atoms with Gasteiger partial charge >= 0.3 is 0 Å². The average molecular weight is 292 g/mol. The Morgan fingerprint density at radius 2 is 1.95 bits per heavy atom. The van der Waals surface area contributed by atoms with Crippen molar-refractivity contribution in [2.45, 2.75) is 39.9 Å². The summed E-state index contributed by atoms with van der Waals surface area (Å²) in [5.74, 6) is 0.877. The Bertz CT molecular complexity index is 526. The summed E-state index contributed by atoms with van der Waals surface area (Å²) < 4.78 is 11.3. The molecule has 5 nitrogen and oxygen atoms in total. The fourth-order valence-electron chi connectivity index (χ4n) is 2.42. The van der Waals surface area contributed by atoms with E-state index in [2.05, 4.69) is 19.2 Å². The predicted molar refractivity (Wildman–Crippen MR) is 82.4 cm³/mol. The van der Waals surface area contributed by atoms with Crippen LogP contribution in [0.15, 0.2) is 18.2 Å². The first kappa shape index (κ1) is 15.6. The molecule has 1 unspecified atom stereocenters. The minimum absolute atomic E-state index is 0.0516. The minimum atomic E-state index is -0.664.